The molecule has 1 aromatic heterocycles. The second kappa shape index (κ2) is 1.43. The quantitative estimate of drug-likeness (QED) is 0.317. The molecule has 0 saturated carbocycles. The molecule has 8 heavy (non-hydrogen) atoms. The van der Waals surface area contributed by atoms with E-state index < -0.39 is 0 Å². The van der Waals surface area contributed by atoms with E-state index in [0.29, 0.717) is 0 Å². The van der Waals surface area contributed by atoms with Gasteiger partial charge in [0.2, 0.25) is 0 Å². The molecule has 0 radical (unpaired) electrons. The highest BCUT2D eigenvalue weighted by molar-refractivity contribution is 4.66. The van der Waals surface area contributed by atoms with E-state index in [2.05, 4.69) is 10.3 Å². The Kier molecular flexibility index (Phi) is 0.896. The van der Waals surface area contributed by atoms with Crippen LogP contribution >= 0.6 is 0 Å². The van der Waals surface area contributed by atoms with Crippen molar-refractivity contribution in [2.24, 2.45) is 7.05 Å². The van der Waals surface area contributed by atoms with Crippen molar-refractivity contribution < 1.29 is 4.91 Å². The van der Waals surface area contributed by atoms with Crippen molar-refractivity contribution in [3.63, 3.8) is 0 Å². The van der Waals surface area contributed by atoms with Crippen LogP contribution in [-0.4, -0.2) is 15.0 Å². The molecule has 0 aromatic carbocycles. The zero-order valence-electron chi connectivity index (χ0n) is 4.87. The van der Waals surface area contributed by atoms with Gasteiger partial charge in [0.05, 0.1) is 4.91 Å². The van der Waals surface area contributed by atoms with Crippen LogP contribution < -0.4 is 10.7 Å². The predicted octanol–water partition coefficient (Wildman–Crippen LogP) is -1.88. The number of nitrogen functional groups attached to an aromatic ring is 1. The molecule has 0 atom stereocenters. The second-order valence-electron chi connectivity index (χ2n) is 1.58. The van der Waals surface area contributed by atoms with Crippen molar-refractivity contribution in [2.75, 3.05) is 5.84 Å². The Morgan fingerprint density at radius 3 is 2.50 bits per heavy atom. The summed E-state index contributed by atoms with van der Waals surface area (Å²) in [4.78, 5) is 1.04. The van der Waals surface area contributed by atoms with Crippen LogP contribution in [0.15, 0.2) is 0 Å². The molecule has 0 aliphatic heterocycles. The van der Waals surface area contributed by atoms with Crippen molar-refractivity contribution in [3.05, 3.63) is 5.82 Å². The van der Waals surface area contributed by atoms with Gasteiger partial charge in [-0.1, -0.05) is 0 Å². The molecule has 0 unspecified atom stereocenters. The van der Waals surface area contributed by atoms with Gasteiger partial charge in [0, 0.05) is 12.0 Å². The van der Waals surface area contributed by atoms with Crippen LogP contribution in [0.4, 0.5) is 0 Å². The Balaban J connectivity index is 3.14. The summed E-state index contributed by atoms with van der Waals surface area (Å²) in [6.45, 7) is 1.83. The third-order valence-corrected chi connectivity index (χ3v) is 0.941. The smallest absolute Gasteiger partial charge is 0.227 e. The predicted molar refractivity (Wildman–Crippen MR) is 26.1 cm³/mol. The molecule has 0 aliphatic rings. The van der Waals surface area contributed by atoms with Crippen molar-refractivity contribution in [1.29, 1.82) is 0 Å². The minimum absolute atomic E-state index is 0.799. The highest BCUT2D eigenvalue weighted by Gasteiger charge is 2.03. The first-order chi connectivity index (χ1) is 3.70. The lowest BCUT2D eigenvalue weighted by Crippen LogP contribution is -2.49. The van der Waals surface area contributed by atoms with Crippen molar-refractivity contribution in [1.82, 2.24) is 15.0 Å². The molecule has 2 N–H and O–H groups in total. The summed E-state index contributed by atoms with van der Waals surface area (Å²) < 4.78 is 1.60. The lowest BCUT2D eigenvalue weighted by atomic mass is 10.7. The molecule has 0 amide bonds. The minimum atomic E-state index is 0.799. The van der Waals surface area contributed by atoms with Gasteiger partial charge in [-0.05, 0) is 0 Å². The summed E-state index contributed by atoms with van der Waals surface area (Å²) in [7, 11) is 1.78. The number of tetrazole rings is 1. The van der Waals surface area contributed by atoms with Gasteiger partial charge in [-0.15, -0.1) is 4.68 Å². The first-order valence-corrected chi connectivity index (χ1v) is 2.25. The van der Waals surface area contributed by atoms with E-state index >= 15 is 0 Å². The van der Waals surface area contributed by atoms with E-state index in [1.54, 1.807) is 11.7 Å². The van der Waals surface area contributed by atoms with E-state index in [9.17, 15) is 0 Å². The summed E-state index contributed by atoms with van der Waals surface area (Å²) in [6.07, 6.45) is 0. The van der Waals surface area contributed by atoms with Gasteiger partial charge in [-0.2, -0.15) is 0 Å². The van der Waals surface area contributed by atoms with Gasteiger partial charge in [0.1, 0.15) is 12.3 Å². The van der Waals surface area contributed by atoms with Gasteiger partial charge < -0.3 is 0 Å². The van der Waals surface area contributed by atoms with E-state index in [0.717, 1.165) is 10.7 Å². The fourth-order valence-corrected chi connectivity index (χ4v) is 0.435. The molecular weight excluding hydrogens is 106 g/mol. The van der Waals surface area contributed by atoms with Crippen LogP contribution in [0.1, 0.15) is 5.82 Å². The van der Waals surface area contributed by atoms with Crippen LogP contribution in [0.2, 0.25) is 0 Å². The van der Waals surface area contributed by atoms with Crippen molar-refractivity contribution >= 4 is 0 Å². The van der Waals surface area contributed by atoms with Gasteiger partial charge in [0.15, 0.2) is 0 Å². The number of aryl methyl sites for hydroxylation is 2. The van der Waals surface area contributed by atoms with Crippen LogP contribution in [0, 0.1) is 6.92 Å². The number of aromatic nitrogens is 4. The van der Waals surface area contributed by atoms with Gasteiger partial charge in [-0.25, -0.2) is 5.84 Å². The summed E-state index contributed by atoms with van der Waals surface area (Å²) >= 11 is 0. The molecule has 0 spiro atoms. The van der Waals surface area contributed by atoms with Crippen molar-refractivity contribution in [3.8, 4) is 0 Å². The molecule has 0 aliphatic carbocycles. The van der Waals surface area contributed by atoms with Crippen LogP contribution in [0.5, 0.6) is 0 Å². The summed E-state index contributed by atoms with van der Waals surface area (Å²) in [5.41, 5.74) is 0. The fourth-order valence-electron chi connectivity index (χ4n) is 0.435. The average Bonchev–Trinajstić information content (AvgIpc) is 1.85. The topological polar surface area (TPSA) is 60.6 Å². The Labute approximate surface area is 46.7 Å². The van der Waals surface area contributed by atoms with Gasteiger partial charge in [0.25, 0.3) is 5.82 Å². The number of rotatable bonds is 0. The zero-order valence-corrected chi connectivity index (χ0v) is 4.87. The first-order valence-electron chi connectivity index (χ1n) is 2.25. The van der Waals surface area contributed by atoms with E-state index in [1.807, 2.05) is 6.92 Å². The number of nitrogens with zero attached hydrogens (tertiary/aromatic N) is 4. The Morgan fingerprint density at radius 1 is 1.75 bits per heavy atom. The second-order valence-corrected chi connectivity index (χ2v) is 1.58. The average molecular weight is 114 g/mol. The SMILES string of the molecule is Cc1n[n+](N)nn1C. The first kappa shape index (κ1) is 5.02. The normalized spacial score (nSPS) is 9.75. The fraction of sp³-hybridized carbons (Fsp3) is 0.667. The standard InChI is InChI=1S/C3H8N5/c1-3-5-8(4)6-7(3)2/h1-2H3,(H2,4,6)/q+1. The van der Waals surface area contributed by atoms with Crippen molar-refractivity contribution in [2.45, 2.75) is 6.92 Å². The molecule has 44 valence electrons. The molecule has 0 fully saturated rings. The molecule has 1 heterocycles. The van der Waals surface area contributed by atoms with Gasteiger partial charge >= 0.3 is 0 Å². The highest BCUT2D eigenvalue weighted by Crippen LogP contribution is 1.76. The van der Waals surface area contributed by atoms with E-state index in [-0.39, 0.29) is 0 Å². The monoisotopic (exact) mass is 114 g/mol. The summed E-state index contributed by atoms with van der Waals surface area (Å²) in [5, 5.41) is 7.47. The maximum atomic E-state index is 5.15. The molecule has 5 heteroatoms. The number of hydrogen-bond acceptors (Lipinski definition) is 3. The molecule has 1 aromatic rings. The highest BCUT2D eigenvalue weighted by atomic mass is 15.7. The maximum Gasteiger partial charge on any atom is 0.258 e. The third-order valence-electron chi connectivity index (χ3n) is 0.941. The molecule has 1 rings (SSSR count). The van der Waals surface area contributed by atoms with E-state index in [1.165, 1.54) is 0 Å². The Morgan fingerprint density at radius 2 is 2.38 bits per heavy atom. The molecule has 5 nitrogen and oxygen atoms in total. The minimum Gasteiger partial charge on any atom is -0.227 e. The Bertz CT molecular complexity index is 170. The third kappa shape index (κ3) is 0.617. The Hall–Kier alpha value is -1.13. The summed E-state index contributed by atoms with van der Waals surface area (Å²) in [5.74, 6) is 5.95. The van der Waals surface area contributed by atoms with Crippen LogP contribution in [-0.2, 0) is 7.05 Å². The molecule has 0 bridgehead atoms. The molecule has 0 saturated heterocycles. The zero-order chi connectivity index (χ0) is 6.15. The largest absolute Gasteiger partial charge is 0.258 e. The van der Waals surface area contributed by atoms with Crippen LogP contribution in [0.25, 0.3) is 0 Å². The lowest BCUT2D eigenvalue weighted by Gasteiger charge is -1.71. The van der Waals surface area contributed by atoms with Crippen LogP contribution in [0.3, 0.4) is 0 Å². The molecular formula is C3H8N5+. The summed E-state index contributed by atoms with van der Waals surface area (Å²) in [6, 6.07) is 0. The lowest BCUT2D eigenvalue weighted by molar-refractivity contribution is -0.757. The number of nitrogens with two attached hydrogens (primary N) is 1. The number of hydrogen-bond donors (Lipinski definition) is 1. The van der Waals surface area contributed by atoms with E-state index in [4.69, 9.17) is 5.84 Å². The van der Waals surface area contributed by atoms with Gasteiger partial charge in [-0.3, -0.25) is 0 Å². The maximum absolute atomic E-state index is 5.15.